The summed E-state index contributed by atoms with van der Waals surface area (Å²) >= 11 is 0. The molecule has 1 aromatic heterocycles. The highest BCUT2D eigenvalue weighted by atomic mass is 19.1. The van der Waals surface area contributed by atoms with Crippen LogP contribution in [0.15, 0.2) is 54.9 Å². The lowest BCUT2D eigenvalue weighted by Gasteiger charge is -2.39. The lowest BCUT2D eigenvalue weighted by atomic mass is 9.98. The molecule has 1 N–H and O–H groups in total. The number of amides is 1. The molecule has 1 aliphatic heterocycles. The van der Waals surface area contributed by atoms with Crippen molar-refractivity contribution in [1.82, 2.24) is 15.0 Å². The third kappa shape index (κ3) is 7.47. The monoisotopic (exact) mass is 539 g/mol. The number of aromatic nitrogens is 2. The Labute approximate surface area is 225 Å². The summed E-state index contributed by atoms with van der Waals surface area (Å²) in [7, 11) is 0. The van der Waals surface area contributed by atoms with Gasteiger partial charge in [-0.2, -0.15) is 0 Å². The van der Waals surface area contributed by atoms with Crippen molar-refractivity contribution in [3.05, 3.63) is 72.1 Å². The number of anilines is 2. The standard InChI is InChI=1S/C28H31F2N5O4/c1-18-16-34(11-12-35(18)39-27(37)28(2,3)4)24-15-26(32-17-31-24)38-22-9-7-21(8-10-22)33-25(36)13-19-5-6-20(29)14-23(19)30/h5-10,14-15,17-18H,11-13,16H2,1-4H3,(H,33,36)/t18-/m1/s1. The van der Waals surface area contributed by atoms with E-state index in [0.717, 1.165) is 12.1 Å². The van der Waals surface area contributed by atoms with Gasteiger partial charge in [0, 0.05) is 30.9 Å². The largest absolute Gasteiger partial charge is 0.439 e. The normalized spacial score (nSPS) is 16.1. The SMILES string of the molecule is C[C@@H]1CN(c2cc(Oc3ccc(NC(=O)Cc4ccc(F)cc4F)cc3)ncn2)CCN1OC(=O)C(C)(C)C. The van der Waals surface area contributed by atoms with Crippen LogP contribution in [0.3, 0.4) is 0 Å². The highest BCUT2D eigenvalue weighted by Crippen LogP contribution is 2.26. The fraction of sp³-hybridized carbons (Fsp3) is 0.357. The van der Waals surface area contributed by atoms with Gasteiger partial charge in [-0.05, 0) is 63.6 Å². The Morgan fingerprint density at radius 1 is 1.05 bits per heavy atom. The van der Waals surface area contributed by atoms with Crippen LogP contribution in [-0.4, -0.2) is 52.6 Å². The van der Waals surface area contributed by atoms with E-state index < -0.39 is 23.0 Å². The van der Waals surface area contributed by atoms with Crippen molar-refractivity contribution in [2.45, 2.75) is 40.2 Å². The molecule has 1 saturated heterocycles. The van der Waals surface area contributed by atoms with Crippen molar-refractivity contribution >= 4 is 23.4 Å². The van der Waals surface area contributed by atoms with Crippen molar-refractivity contribution in [2.24, 2.45) is 5.41 Å². The van der Waals surface area contributed by atoms with Crippen LogP contribution in [0.4, 0.5) is 20.3 Å². The number of benzene rings is 2. The Morgan fingerprint density at radius 2 is 1.79 bits per heavy atom. The molecule has 9 nitrogen and oxygen atoms in total. The molecule has 3 aromatic rings. The first-order valence-electron chi connectivity index (χ1n) is 12.6. The van der Waals surface area contributed by atoms with E-state index >= 15 is 0 Å². The minimum atomic E-state index is -0.765. The molecule has 1 amide bonds. The molecule has 206 valence electrons. The summed E-state index contributed by atoms with van der Waals surface area (Å²) in [5.41, 5.74) is 0.0237. The Hall–Kier alpha value is -4.12. The molecule has 0 spiro atoms. The fourth-order valence-corrected chi connectivity index (χ4v) is 3.86. The molecule has 39 heavy (non-hydrogen) atoms. The van der Waals surface area contributed by atoms with Crippen LogP contribution in [0.2, 0.25) is 0 Å². The second kappa shape index (κ2) is 11.7. The van der Waals surface area contributed by atoms with Crippen LogP contribution in [0.1, 0.15) is 33.3 Å². The molecule has 0 unspecified atom stereocenters. The number of hydrogen-bond acceptors (Lipinski definition) is 8. The number of halogens is 2. The third-order valence-electron chi connectivity index (χ3n) is 6.06. The van der Waals surface area contributed by atoms with E-state index in [2.05, 4.69) is 20.2 Å². The van der Waals surface area contributed by atoms with Gasteiger partial charge in [-0.15, -0.1) is 5.06 Å². The van der Waals surface area contributed by atoms with E-state index in [1.807, 2.05) is 27.7 Å². The van der Waals surface area contributed by atoms with Gasteiger partial charge in [0.15, 0.2) is 0 Å². The predicted octanol–water partition coefficient (Wildman–Crippen LogP) is 4.74. The number of carbonyl (C=O) groups excluding carboxylic acids is 2. The van der Waals surface area contributed by atoms with Crippen molar-refractivity contribution < 1.29 is 27.9 Å². The smallest absolute Gasteiger partial charge is 0.330 e. The van der Waals surface area contributed by atoms with Crippen molar-refractivity contribution in [3.63, 3.8) is 0 Å². The number of rotatable bonds is 7. The van der Waals surface area contributed by atoms with Crippen molar-refractivity contribution in [3.8, 4) is 11.6 Å². The van der Waals surface area contributed by atoms with Gasteiger partial charge >= 0.3 is 5.97 Å². The summed E-state index contributed by atoms with van der Waals surface area (Å²) in [6.07, 6.45) is 1.20. The molecule has 2 aromatic carbocycles. The Morgan fingerprint density at radius 3 is 2.46 bits per heavy atom. The summed E-state index contributed by atoms with van der Waals surface area (Å²) < 4.78 is 32.7. The number of piperazine rings is 1. The van der Waals surface area contributed by atoms with Crippen molar-refractivity contribution in [1.29, 1.82) is 0 Å². The molecule has 0 saturated carbocycles. The molecule has 1 fully saturated rings. The van der Waals surface area contributed by atoms with Crippen molar-refractivity contribution in [2.75, 3.05) is 29.9 Å². The fourth-order valence-electron chi connectivity index (χ4n) is 3.86. The maximum absolute atomic E-state index is 13.8. The van der Waals surface area contributed by atoms with E-state index in [1.165, 1.54) is 12.4 Å². The highest BCUT2D eigenvalue weighted by Gasteiger charge is 2.31. The van der Waals surface area contributed by atoms with Gasteiger partial charge in [-0.25, -0.2) is 23.5 Å². The van der Waals surface area contributed by atoms with E-state index in [-0.39, 0.29) is 24.0 Å². The van der Waals surface area contributed by atoms with E-state index in [1.54, 1.807) is 35.4 Å². The van der Waals surface area contributed by atoms with Crippen LogP contribution < -0.4 is 15.0 Å². The average Bonchev–Trinajstić information content (AvgIpc) is 2.87. The van der Waals surface area contributed by atoms with Crippen LogP contribution in [0.5, 0.6) is 11.6 Å². The maximum atomic E-state index is 13.8. The first-order valence-corrected chi connectivity index (χ1v) is 12.6. The van der Waals surface area contributed by atoms with Gasteiger partial charge in [0.05, 0.1) is 24.4 Å². The number of carbonyl (C=O) groups is 2. The van der Waals surface area contributed by atoms with Gasteiger partial charge in [0.2, 0.25) is 11.8 Å². The zero-order chi connectivity index (χ0) is 28.2. The van der Waals surface area contributed by atoms with Gasteiger partial charge in [0.1, 0.15) is 29.5 Å². The minimum absolute atomic E-state index is 0.0355. The Balaban J connectivity index is 1.32. The molecule has 1 atom stereocenters. The number of nitrogens with one attached hydrogen (secondary N) is 1. The molecule has 0 aliphatic carbocycles. The molecule has 4 rings (SSSR count). The lowest BCUT2D eigenvalue weighted by Crippen LogP contribution is -2.53. The highest BCUT2D eigenvalue weighted by molar-refractivity contribution is 5.92. The predicted molar refractivity (Wildman–Crippen MR) is 141 cm³/mol. The van der Waals surface area contributed by atoms with Gasteiger partial charge in [0.25, 0.3) is 0 Å². The summed E-state index contributed by atoms with van der Waals surface area (Å²) in [4.78, 5) is 40.7. The molecular formula is C28H31F2N5O4. The molecule has 0 bridgehead atoms. The van der Waals surface area contributed by atoms with Gasteiger partial charge in [-0.3, -0.25) is 4.79 Å². The van der Waals surface area contributed by atoms with Crippen LogP contribution in [0, 0.1) is 17.0 Å². The Kier molecular flexibility index (Phi) is 8.39. The maximum Gasteiger partial charge on any atom is 0.330 e. The number of hydrogen-bond donors (Lipinski definition) is 1. The quantitative estimate of drug-likeness (QED) is 0.460. The second-order valence-electron chi connectivity index (χ2n) is 10.4. The lowest BCUT2D eigenvalue weighted by molar-refractivity contribution is -0.211. The Bertz CT molecular complexity index is 1330. The zero-order valence-electron chi connectivity index (χ0n) is 22.3. The van der Waals surface area contributed by atoms with E-state index in [4.69, 9.17) is 9.57 Å². The number of nitrogens with zero attached hydrogens (tertiary/aromatic N) is 4. The molecule has 1 aliphatic rings. The molecule has 0 radical (unpaired) electrons. The topological polar surface area (TPSA) is 96.9 Å². The zero-order valence-corrected chi connectivity index (χ0v) is 22.3. The summed E-state index contributed by atoms with van der Waals surface area (Å²) in [6.45, 7) is 9.18. The van der Waals surface area contributed by atoms with Crippen LogP contribution in [0.25, 0.3) is 0 Å². The van der Waals surface area contributed by atoms with Gasteiger partial charge < -0.3 is 19.8 Å². The van der Waals surface area contributed by atoms with E-state index in [0.29, 0.717) is 42.8 Å². The molecular weight excluding hydrogens is 508 g/mol. The minimum Gasteiger partial charge on any atom is -0.439 e. The van der Waals surface area contributed by atoms with Crippen LogP contribution in [-0.2, 0) is 20.8 Å². The summed E-state index contributed by atoms with van der Waals surface area (Å²) in [5, 5.41) is 4.39. The molecule has 2 heterocycles. The number of ether oxygens (including phenoxy) is 1. The third-order valence-corrected chi connectivity index (χ3v) is 6.06. The average molecular weight is 540 g/mol. The summed E-state index contributed by atoms with van der Waals surface area (Å²) in [6, 6.07) is 11.4. The van der Waals surface area contributed by atoms with Gasteiger partial charge in [-0.1, -0.05) is 6.07 Å². The first kappa shape index (κ1) is 27.9. The van der Waals surface area contributed by atoms with Crippen LogP contribution >= 0.6 is 0 Å². The second-order valence-corrected chi connectivity index (χ2v) is 10.4. The number of hydroxylamine groups is 2. The summed E-state index contributed by atoms with van der Waals surface area (Å²) in [5.74, 6) is -0.639. The molecule has 11 heteroatoms. The van der Waals surface area contributed by atoms with E-state index in [9.17, 15) is 18.4 Å². The first-order chi connectivity index (χ1) is 18.5.